The molecule has 0 aliphatic heterocycles. The number of carbonyl (C=O) groups is 1. The monoisotopic (exact) mass is 290 g/mol. The molecule has 2 atom stereocenters. The lowest BCUT2D eigenvalue weighted by Gasteiger charge is -2.10. The topological polar surface area (TPSA) is 17.1 Å². The molecular formula is C6H9Br2ClO. The highest BCUT2D eigenvalue weighted by molar-refractivity contribution is 9.12. The normalized spacial score (nSPS) is 16.4. The summed E-state index contributed by atoms with van der Waals surface area (Å²) < 4.78 is 0. The van der Waals surface area contributed by atoms with Gasteiger partial charge in [0.15, 0.2) is 0 Å². The Morgan fingerprint density at radius 1 is 1.60 bits per heavy atom. The summed E-state index contributed by atoms with van der Waals surface area (Å²) in [6, 6.07) is 0. The third kappa shape index (κ3) is 3.94. The van der Waals surface area contributed by atoms with E-state index in [2.05, 4.69) is 38.8 Å². The van der Waals surface area contributed by atoms with Crippen LogP contribution in [0.4, 0.5) is 0 Å². The van der Waals surface area contributed by atoms with E-state index in [1.54, 1.807) is 0 Å². The number of hydrogen-bond donors (Lipinski definition) is 0. The fourth-order valence-electron chi connectivity index (χ4n) is 0.564. The second-order valence-electron chi connectivity index (χ2n) is 2.01. The second-order valence-corrected chi connectivity index (χ2v) is 4.55. The van der Waals surface area contributed by atoms with Gasteiger partial charge in [0.05, 0.1) is 0 Å². The Hall–Kier alpha value is 0.920. The number of carbonyl (C=O) groups excluding carboxylic acids is 1. The summed E-state index contributed by atoms with van der Waals surface area (Å²) in [6.45, 7) is 2.06. The first-order valence-corrected chi connectivity index (χ1v) is 5.28. The summed E-state index contributed by atoms with van der Waals surface area (Å²) in [5.41, 5.74) is 0. The average molecular weight is 292 g/mol. The average Bonchev–Trinajstić information content (AvgIpc) is 1.87. The smallest absolute Gasteiger partial charge is 0.236 e. The molecule has 0 radical (unpaired) electrons. The van der Waals surface area contributed by atoms with Gasteiger partial charge in [-0.1, -0.05) is 45.2 Å². The highest BCUT2D eigenvalue weighted by atomic mass is 79.9. The number of alkyl halides is 2. The summed E-state index contributed by atoms with van der Waals surface area (Å²) in [5.74, 6) is 0. The van der Waals surface area contributed by atoms with Crippen molar-refractivity contribution in [2.75, 3.05) is 0 Å². The molecule has 60 valence electrons. The zero-order valence-electron chi connectivity index (χ0n) is 5.61. The van der Waals surface area contributed by atoms with Crippen LogP contribution in [0, 0.1) is 0 Å². The molecule has 0 heterocycles. The van der Waals surface area contributed by atoms with Crippen LogP contribution >= 0.6 is 43.5 Å². The van der Waals surface area contributed by atoms with Crippen molar-refractivity contribution < 1.29 is 4.79 Å². The third-order valence-corrected chi connectivity index (χ3v) is 4.35. The third-order valence-electron chi connectivity index (χ3n) is 1.10. The van der Waals surface area contributed by atoms with Crippen LogP contribution in [0.2, 0.25) is 0 Å². The zero-order valence-corrected chi connectivity index (χ0v) is 9.54. The Morgan fingerprint density at radius 3 is 2.40 bits per heavy atom. The molecule has 0 aromatic heterocycles. The van der Waals surface area contributed by atoms with Crippen molar-refractivity contribution in [3.8, 4) is 0 Å². The van der Waals surface area contributed by atoms with Gasteiger partial charge < -0.3 is 0 Å². The van der Waals surface area contributed by atoms with Crippen molar-refractivity contribution in [1.29, 1.82) is 0 Å². The lowest BCUT2D eigenvalue weighted by molar-refractivity contribution is -0.111. The second kappa shape index (κ2) is 5.56. The first-order valence-electron chi connectivity index (χ1n) is 3.07. The van der Waals surface area contributed by atoms with Gasteiger partial charge in [-0.25, -0.2) is 0 Å². The van der Waals surface area contributed by atoms with Crippen LogP contribution in [-0.4, -0.2) is 14.9 Å². The first kappa shape index (κ1) is 10.9. The molecule has 0 aromatic carbocycles. The van der Waals surface area contributed by atoms with Gasteiger partial charge in [-0.05, 0) is 18.0 Å². The van der Waals surface area contributed by atoms with Crippen LogP contribution in [0.25, 0.3) is 0 Å². The maximum Gasteiger partial charge on any atom is 0.236 e. The minimum atomic E-state index is -0.338. The van der Waals surface area contributed by atoms with Gasteiger partial charge in [-0.3, -0.25) is 4.79 Å². The maximum atomic E-state index is 10.5. The van der Waals surface area contributed by atoms with E-state index in [-0.39, 0.29) is 14.9 Å². The predicted molar refractivity (Wildman–Crippen MR) is 51.2 cm³/mol. The summed E-state index contributed by atoms with van der Waals surface area (Å²) >= 11 is 11.8. The fourth-order valence-corrected chi connectivity index (χ4v) is 1.83. The van der Waals surface area contributed by atoms with Crippen molar-refractivity contribution in [2.45, 2.75) is 29.4 Å². The van der Waals surface area contributed by atoms with Crippen LogP contribution < -0.4 is 0 Å². The minimum absolute atomic E-state index is 0.155. The van der Waals surface area contributed by atoms with E-state index in [1.807, 2.05) is 0 Å². The quantitative estimate of drug-likeness (QED) is 0.575. The van der Waals surface area contributed by atoms with Crippen molar-refractivity contribution in [3.05, 3.63) is 0 Å². The lowest BCUT2D eigenvalue weighted by atomic mass is 10.2. The van der Waals surface area contributed by atoms with Gasteiger partial charge >= 0.3 is 0 Å². The summed E-state index contributed by atoms with van der Waals surface area (Å²) in [4.78, 5) is 10.4. The van der Waals surface area contributed by atoms with E-state index < -0.39 is 0 Å². The molecule has 10 heavy (non-hydrogen) atoms. The molecule has 4 heteroatoms. The molecule has 2 unspecified atom stereocenters. The lowest BCUT2D eigenvalue weighted by Crippen LogP contribution is -2.19. The van der Waals surface area contributed by atoms with Crippen molar-refractivity contribution >= 4 is 48.7 Å². The van der Waals surface area contributed by atoms with E-state index in [0.29, 0.717) is 0 Å². The number of rotatable bonds is 4. The standard InChI is InChI=1S/C6H9Br2ClO/c1-2-3-4(7)5(8)6(9)10/h4-5H,2-3H2,1H3. The first-order chi connectivity index (χ1) is 4.59. The Bertz CT molecular complexity index is 118. The Kier molecular flexibility index (Phi) is 6.07. The molecule has 0 aliphatic carbocycles. The molecule has 1 nitrogen and oxygen atoms in total. The van der Waals surface area contributed by atoms with E-state index in [9.17, 15) is 4.79 Å². The van der Waals surface area contributed by atoms with Crippen molar-refractivity contribution in [2.24, 2.45) is 0 Å². The van der Waals surface area contributed by atoms with Crippen LogP contribution in [0.3, 0.4) is 0 Å². The van der Waals surface area contributed by atoms with Crippen LogP contribution in [-0.2, 0) is 4.79 Å². The highest BCUT2D eigenvalue weighted by Crippen LogP contribution is 2.20. The Morgan fingerprint density at radius 2 is 2.10 bits per heavy atom. The SMILES string of the molecule is CCCC(Br)C(Br)C(=O)Cl. The Labute approximate surface area is 82.8 Å². The molecule has 0 bridgehead atoms. The van der Waals surface area contributed by atoms with E-state index in [0.717, 1.165) is 12.8 Å². The van der Waals surface area contributed by atoms with Gasteiger partial charge in [0.25, 0.3) is 0 Å². The Balaban J connectivity index is 3.69. The van der Waals surface area contributed by atoms with Gasteiger partial charge in [0.2, 0.25) is 5.24 Å². The van der Waals surface area contributed by atoms with Crippen molar-refractivity contribution in [3.63, 3.8) is 0 Å². The van der Waals surface area contributed by atoms with Crippen molar-refractivity contribution in [1.82, 2.24) is 0 Å². The molecule has 0 amide bonds. The summed E-state index contributed by atoms with van der Waals surface area (Å²) in [5, 5.41) is -0.338. The highest BCUT2D eigenvalue weighted by Gasteiger charge is 2.20. The van der Waals surface area contributed by atoms with Gasteiger partial charge in [-0.15, -0.1) is 0 Å². The molecule has 0 spiro atoms. The largest absolute Gasteiger partial charge is 0.280 e. The van der Waals surface area contributed by atoms with Gasteiger partial charge in [-0.2, -0.15) is 0 Å². The van der Waals surface area contributed by atoms with Gasteiger partial charge in [0, 0.05) is 4.83 Å². The zero-order chi connectivity index (χ0) is 8.15. The molecule has 0 fully saturated rings. The molecule has 0 saturated heterocycles. The minimum Gasteiger partial charge on any atom is -0.280 e. The van der Waals surface area contributed by atoms with E-state index in [1.165, 1.54) is 0 Å². The maximum absolute atomic E-state index is 10.5. The molecular weight excluding hydrogens is 283 g/mol. The molecule has 0 rings (SSSR count). The molecule has 0 saturated carbocycles. The van der Waals surface area contributed by atoms with Crippen LogP contribution in [0.1, 0.15) is 19.8 Å². The molecule has 0 aliphatic rings. The summed E-state index contributed by atoms with van der Waals surface area (Å²) in [6.07, 6.45) is 2.00. The fraction of sp³-hybridized carbons (Fsp3) is 0.833. The van der Waals surface area contributed by atoms with Crippen LogP contribution in [0.5, 0.6) is 0 Å². The predicted octanol–water partition coefficient (Wildman–Crippen LogP) is 3.08. The van der Waals surface area contributed by atoms with E-state index in [4.69, 9.17) is 11.6 Å². The number of hydrogen-bond acceptors (Lipinski definition) is 1. The molecule has 0 aromatic rings. The van der Waals surface area contributed by atoms with Gasteiger partial charge in [0.1, 0.15) is 4.83 Å². The summed E-state index contributed by atoms with van der Waals surface area (Å²) in [7, 11) is 0. The van der Waals surface area contributed by atoms with E-state index >= 15 is 0 Å². The van der Waals surface area contributed by atoms with Crippen LogP contribution in [0.15, 0.2) is 0 Å². The molecule has 0 N–H and O–H groups in total. The number of halogens is 3.